The topological polar surface area (TPSA) is 331 Å². The van der Waals surface area contributed by atoms with E-state index in [1.54, 1.807) is 0 Å². The number of nitrogens with zero attached hydrogens (tertiary/aromatic N) is 5. The van der Waals surface area contributed by atoms with Gasteiger partial charge in [0.05, 0.1) is 25.4 Å². The maximum absolute atomic E-state index is 8.25. The van der Waals surface area contributed by atoms with Crippen molar-refractivity contribution in [2.45, 2.75) is 0 Å². The van der Waals surface area contributed by atoms with Gasteiger partial charge in [-0.3, -0.25) is 0 Å². The minimum Gasteiger partial charge on any atom is -0.356 e. The van der Waals surface area contributed by atoms with E-state index in [2.05, 4.69) is 0 Å². The van der Waals surface area contributed by atoms with Gasteiger partial charge in [-0.15, -0.1) is 0 Å². The molecule has 0 bridgehead atoms. The van der Waals surface area contributed by atoms with Crippen molar-refractivity contribution in [3.8, 4) is 0 Å². The van der Waals surface area contributed by atoms with Crippen molar-refractivity contribution in [1.82, 2.24) is 0 Å². The third-order valence-electron chi connectivity index (χ3n) is 0. The van der Waals surface area contributed by atoms with Gasteiger partial charge in [0.1, 0.15) is 0 Å². The molecule has 22 heavy (non-hydrogen) atoms. The molecular formula is CN5NaO15. The molecule has 0 aliphatic heterocycles. The third kappa shape index (κ3) is 484. The molecule has 0 N–H and O–H groups in total. The Morgan fingerprint density at radius 3 is 0.364 bits per heavy atom. The monoisotopic (exact) mass is 345 g/mol. The van der Waals surface area contributed by atoms with Crippen molar-refractivity contribution in [3.63, 3.8) is 0 Å². The van der Waals surface area contributed by atoms with Gasteiger partial charge < -0.3 is 76.6 Å². The zero-order chi connectivity index (χ0) is 17.9. The summed E-state index contributed by atoms with van der Waals surface area (Å²) in [5.41, 5.74) is 0. The number of hydrogen-bond donors (Lipinski definition) is 0. The molecule has 0 heterocycles. The Hall–Kier alpha value is -3.00. The first-order chi connectivity index (χ1) is 8.66. The molecule has 0 atom stereocenters. The predicted octanol–water partition coefficient (Wildman–Crippen LogP) is -4.11. The zero-order valence-corrected chi connectivity index (χ0v) is 11.9. The van der Waals surface area contributed by atoms with Crippen LogP contribution in [0.2, 0.25) is 0 Å². The Balaban J connectivity index is -0.0000000250. The minimum absolute atomic E-state index is 0. The van der Waals surface area contributed by atoms with E-state index in [9.17, 15) is 0 Å². The summed E-state index contributed by atoms with van der Waals surface area (Å²) in [5, 5.41) is 73.8. The molecule has 0 aromatic rings. The van der Waals surface area contributed by atoms with Gasteiger partial charge in [0.15, 0.2) is 0 Å². The van der Waals surface area contributed by atoms with Crippen LogP contribution in [0.15, 0.2) is 0 Å². The molecule has 0 radical (unpaired) electrons. The van der Waals surface area contributed by atoms with Gasteiger partial charge in [0, 0.05) is 0 Å². The van der Waals surface area contributed by atoms with Gasteiger partial charge in [0.25, 0.3) is 0 Å². The quantitative estimate of drug-likeness (QED) is 0.228. The first kappa shape index (κ1) is 42.8. The van der Waals surface area contributed by atoms with Crippen LogP contribution in [0.4, 0.5) is 0 Å². The summed E-state index contributed by atoms with van der Waals surface area (Å²) in [5.74, 6) is 0. The Morgan fingerprint density at radius 1 is 0.364 bits per heavy atom. The molecule has 20 nitrogen and oxygen atoms in total. The van der Waals surface area contributed by atoms with Crippen LogP contribution in [-0.4, -0.2) is 25.4 Å². The van der Waals surface area contributed by atoms with Crippen molar-refractivity contribution in [1.29, 1.82) is 0 Å². The summed E-state index contributed by atoms with van der Waals surface area (Å²) in [6.07, 6.45) is 0. The standard InChI is InChI=1S/C.5NO3.Na/c;5*2-1(3)4;/q+4;5*-1;+1. The van der Waals surface area contributed by atoms with Gasteiger partial charge in [-0.05, 0) is 0 Å². The second-order valence-electron chi connectivity index (χ2n) is 1.12. The Labute approximate surface area is 139 Å². The maximum atomic E-state index is 8.25. The summed E-state index contributed by atoms with van der Waals surface area (Å²) in [4.78, 5) is 41.2. The van der Waals surface area contributed by atoms with Crippen LogP contribution in [0.3, 0.4) is 0 Å². The molecule has 0 spiro atoms. The summed E-state index contributed by atoms with van der Waals surface area (Å²) in [7, 11) is 0. The van der Waals surface area contributed by atoms with Crippen LogP contribution in [0.1, 0.15) is 0 Å². The Morgan fingerprint density at radius 2 is 0.364 bits per heavy atom. The molecule has 0 aliphatic rings. The van der Waals surface area contributed by atoms with Crippen molar-refractivity contribution in [2.75, 3.05) is 0 Å². The number of rotatable bonds is 0. The average molecular weight is 345 g/mol. The molecule has 0 fully saturated rings. The molecule has 0 amide bonds. The summed E-state index contributed by atoms with van der Waals surface area (Å²) in [6, 6.07) is 0. The molecule has 120 valence electrons. The summed E-state index contributed by atoms with van der Waals surface area (Å²) >= 11 is 0. The Bertz CT molecular complexity index is 213. The van der Waals surface area contributed by atoms with Gasteiger partial charge >= 0.3 is 37.0 Å². The first-order valence-electron chi connectivity index (χ1n) is 2.74. The fourth-order valence-corrected chi connectivity index (χ4v) is 0. The van der Waals surface area contributed by atoms with Crippen LogP contribution in [-0.2, 0) is 0 Å². The predicted molar refractivity (Wildman–Crippen MR) is 55.0 cm³/mol. The largest absolute Gasteiger partial charge is 4.00 e. The molecule has 0 aromatic carbocycles. The van der Waals surface area contributed by atoms with E-state index in [1.165, 1.54) is 0 Å². The van der Waals surface area contributed by atoms with Crippen molar-refractivity contribution in [2.24, 2.45) is 0 Å². The maximum Gasteiger partial charge on any atom is 4.00 e. The molecule has 0 saturated carbocycles. The second kappa shape index (κ2) is 36.1. The van der Waals surface area contributed by atoms with Crippen LogP contribution in [0.5, 0.6) is 0 Å². The molecule has 0 aromatic heterocycles. The van der Waals surface area contributed by atoms with Crippen LogP contribution >= 0.6 is 0 Å². The minimum atomic E-state index is -1.75. The van der Waals surface area contributed by atoms with E-state index < -0.39 is 25.4 Å². The van der Waals surface area contributed by atoms with E-state index in [4.69, 9.17) is 76.6 Å². The van der Waals surface area contributed by atoms with Crippen molar-refractivity contribution >= 4 is 0 Å². The van der Waals surface area contributed by atoms with Gasteiger partial charge in [-0.25, -0.2) is 0 Å². The van der Waals surface area contributed by atoms with Gasteiger partial charge in [-0.1, -0.05) is 0 Å². The molecule has 0 rings (SSSR count). The Kier molecular flexibility index (Phi) is 70.2. The van der Waals surface area contributed by atoms with Crippen LogP contribution in [0, 0.1) is 84.0 Å². The normalized spacial score (nSPS) is 5.45. The van der Waals surface area contributed by atoms with E-state index in [1.807, 2.05) is 0 Å². The fourth-order valence-electron chi connectivity index (χ4n) is 0. The summed E-state index contributed by atoms with van der Waals surface area (Å²) < 4.78 is 0. The molecule has 0 unspecified atom stereocenters. The molecule has 21 heteroatoms. The van der Waals surface area contributed by atoms with E-state index >= 15 is 0 Å². The van der Waals surface area contributed by atoms with Gasteiger partial charge in [-0.2, -0.15) is 0 Å². The fraction of sp³-hybridized carbons (Fsp3) is 0. The van der Waals surface area contributed by atoms with Crippen LogP contribution < -0.4 is 29.6 Å². The van der Waals surface area contributed by atoms with Crippen molar-refractivity contribution in [3.05, 3.63) is 84.0 Å². The van der Waals surface area contributed by atoms with E-state index in [-0.39, 0.29) is 37.0 Å². The summed E-state index contributed by atoms with van der Waals surface area (Å²) in [6.45, 7) is 0. The second-order valence-corrected chi connectivity index (χ2v) is 1.12. The van der Waals surface area contributed by atoms with Crippen molar-refractivity contribution < 1.29 is 55.0 Å². The third-order valence-corrected chi connectivity index (χ3v) is 0. The molecule has 0 aliphatic carbocycles. The first-order valence-corrected chi connectivity index (χ1v) is 2.74. The number of hydrogen-bond acceptors (Lipinski definition) is 15. The van der Waals surface area contributed by atoms with Crippen LogP contribution in [0.25, 0.3) is 0 Å². The molecule has 0 saturated heterocycles. The van der Waals surface area contributed by atoms with Gasteiger partial charge in [0.2, 0.25) is 0 Å². The zero-order valence-electron chi connectivity index (χ0n) is 9.86. The molecular weight excluding hydrogens is 345 g/mol. The van der Waals surface area contributed by atoms with E-state index in [0.29, 0.717) is 0 Å². The SMILES string of the molecule is O=[N+]([O-])[O-].O=[N+]([O-])[O-].O=[N+]([O-])[O-].O=[N+]([O-])[O-].O=[N+]([O-])[O-].[C+4].[Na+]. The average Bonchev–Trinajstić information content (AvgIpc) is 1.94. The van der Waals surface area contributed by atoms with E-state index in [0.717, 1.165) is 0 Å². The smallest absolute Gasteiger partial charge is 0.356 e.